The summed E-state index contributed by atoms with van der Waals surface area (Å²) in [6, 6.07) is 1.83. The zero-order valence-electron chi connectivity index (χ0n) is 7.79. The van der Waals surface area contributed by atoms with E-state index >= 15 is 0 Å². The lowest BCUT2D eigenvalue weighted by molar-refractivity contribution is 0.0919. The van der Waals surface area contributed by atoms with Crippen LogP contribution in [-0.4, -0.2) is 28.6 Å². The van der Waals surface area contributed by atoms with Gasteiger partial charge in [0, 0.05) is 12.7 Å². The maximum absolute atomic E-state index is 11.4. The van der Waals surface area contributed by atoms with Crippen molar-refractivity contribution in [1.29, 1.82) is 0 Å². The first-order valence-corrected chi connectivity index (χ1v) is 4.21. The van der Waals surface area contributed by atoms with E-state index in [9.17, 15) is 4.79 Å². The fourth-order valence-electron chi connectivity index (χ4n) is 1.02. The standard InChI is InChI=1S/C9H14N2O2/c1-6-3-4-10-8(6)9(13)11-5-7(2)12/h3-4,7,10,12H,5H2,1-2H3,(H,11,13). The van der Waals surface area contributed by atoms with Crippen LogP contribution >= 0.6 is 0 Å². The second-order valence-electron chi connectivity index (χ2n) is 3.09. The van der Waals surface area contributed by atoms with Gasteiger partial charge in [0.25, 0.3) is 5.91 Å². The second kappa shape index (κ2) is 4.09. The number of H-pyrrole nitrogens is 1. The first kappa shape index (κ1) is 9.80. The van der Waals surface area contributed by atoms with E-state index in [0.29, 0.717) is 5.69 Å². The summed E-state index contributed by atoms with van der Waals surface area (Å²) in [5.74, 6) is -0.177. The Morgan fingerprint density at radius 1 is 1.77 bits per heavy atom. The van der Waals surface area contributed by atoms with Crippen LogP contribution in [0.2, 0.25) is 0 Å². The fraction of sp³-hybridized carbons (Fsp3) is 0.444. The predicted molar refractivity (Wildman–Crippen MR) is 49.5 cm³/mol. The third kappa shape index (κ3) is 2.59. The summed E-state index contributed by atoms with van der Waals surface area (Å²) in [7, 11) is 0. The van der Waals surface area contributed by atoms with Gasteiger partial charge in [-0.25, -0.2) is 0 Å². The molecule has 1 heterocycles. The molecule has 4 nitrogen and oxygen atoms in total. The Morgan fingerprint density at radius 2 is 2.46 bits per heavy atom. The second-order valence-corrected chi connectivity index (χ2v) is 3.09. The maximum Gasteiger partial charge on any atom is 0.268 e. The number of rotatable bonds is 3. The summed E-state index contributed by atoms with van der Waals surface area (Å²) in [6.45, 7) is 3.76. The third-order valence-corrected chi connectivity index (χ3v) is 1.74. The number of nitrogens with one attached hydrogen (secondary N) is 2. The Balaban J connectivity index is 2.54. The Hall–Kier alpha value is -1.29. The summed E-state index contributed by atoms with van der Waals surface area (Å²) in [5, 5.41) is 11.5. The van der Waals surface area contributed by atoms with Gasteiger partial charge in [0.1, 0.15) is 5.69 Å². The van der Waals surface area contributed by atoms with Crippen LogP contribution in [0.4, 0.5) is 0 Å². The van der Waals surface area contributed by atoms with E-state index in [-0.39, 0.29) is 12.5 Å². The van der Waals surface area contributed by atoms with Crippen molar-refractivity contribution in [1.82, 2.24) is 10.3 Å². The molecule has 0 aliphatic carbocycles. The highest BCUT2D eigenvalue weighted by Gasteiger charge is 2.09. The van der Waals surface area contributed by atoms with Crippen molar-refractivity contribution in [3.05, 3.63) is 23.5 Å². The molecular weight excluding hydrogens is 168 g/mol. The number of hydrogen-bond donors (Lipinski definition) is 3. The van der Waals surface area contributed by atoms with Crippen molar-refractivity contribution < 1.29 is 9.90 Å². The van der Waals surface area contributed by atoms with Gasteiger partial charge in [-0.1, -0.05) is 0 Å². The normalized spacial score (nSPS) is 12.5. The SMILES string of the molecule is Cc1cc[nH]c1C(=O)NCC(C)O. The van der Waals surface area contributed by atoms with Crippen LogP contribution in [0.3, 0.4) is 0 Å². The summed E-state index contributed by atoms with van der Waals surface area (Å²) >= 11 is 0. The molecule has 72 valence electrons. The maximum atomic E-state index is 11.4. The molecule has 1 atom stereocenters. The quantitative estimate of drug-likeness (QED) is 0.634. The van der Waals surface area contributed by atoms with E-state index in [1.807, 2.05) is 13.0 Å². The highest BCUT2D eigenvalue weighted by atomic mass is 16.3. The van der Waals surface area contributed by atoms with Crippen LogP contribution in [0.5, 0.6) is 0 Å². The number of aromatic nitrogens is 1. The summed E-state index contributed by atoms with van der Waals surface area (Å²) in [6.07, 6.45) is 1.20. The first-order chi connectivity index (χ1) is 6.11. The van der Waals surface area contributed by atoms with Crippen molar-refractivity contribution in [2.45, 2.75) is 20.0 Å². The molecular formula is C9H14N2O2. The number of aryl methyl sites for hydroxylation is 1. The monoisotopic (exact) mass is 182 g/mol. The van der Waals surface area contributed by atoms with Gasteiger partial charge in [-0.3, -0.25) is 4.79 Å². The van der Waals surface area contributed by atoms with Gasteiger partial charge < -0.3 is 15.4 Å². The molecule has 3 N–H and O–H groups in total. The van der Waals surface area contributed by atoms with Crippen molar-refractivity contribution >= 4 is 5.91 Å². The molecule has 1 amide bonds. The van der Waals surface area contributed by atoms with E-state index in [4.69, 9.17) is 5.11 Å². The summed E-state index contributed by atoms with van der Waals surface area (Å²) in [5.41, 5.74) is 1.46. The molecule has 1 unspecified atom stereocenters. The zero-order valence-corrected chi connectivity index (χ0v) is 7.79. The third-order valence-electron chi connectivity index (χ3n) is 1.74. The molecule has 0 radical (unpaired) electrons. The number of aliphatic hydroxyl groups is 1. The Morgan fingerprint density at radius 3 is 2.92 bits per heavy atom. The molecule has 0 saturated heterocycles. The lowest BCUT2D eigenvalue weighted by Gasteiger charge is -2.06. The molecule has 0 aliphatic rings. The Labute approximate surface area is 77.0 Å². The Bertz CT molecular complexity index is 292. The number of amides is 1. The number of carbonyl (C=O) groups is 1. The van der Waals surface area contributed by atoms with Crippen molar-refractivity contribution in [3.63, 3.8) is 0 Å². The predicted octanol–water partition coefficient (Wildman–Crippen LogP) is 0.434. The van der Waals surface area contributed by atoms with Crippen LogP contribution in [0.15, 0.2) is 12.3 Å². The molecule has 0 fully saturated rings. The van der Waals surface area contributed by atoms with E-state index in [2.05, 4.69) is 10.3 Å². The van der Waals surface area contributed by atoms with E-state index < -0.39 is 6.10 Å². The minimum absolute atomic E-state index is 0.177. The zero-order chi connectivity index (χ0) is 9.84. The number of aliphatic hydroxyl groups excluding tert-OH is 1. The average Bonchev–Trinajstić information content (AvgIpc) is 2.47. The van der Waals surface area contributed by atoms with Gasteiger partial charge in [-0.15, -0.1) is 0 Å². The van der Waals surface area contributed by atoms with Gasteiger partial charge in [-0.2, -0.15) is 0 Å². The molecule has 0 aromatic carbocycles. The number of carbonyl (C=O) groups excluding carboxylic acids is 1. The largest absolute Gasteiger partial charge is 0.392 e. The lowest BCUT2D eigenvalue weighted by atomic mass is 10.2. The van der Waals surface area contributed by atoms with Crippen LogP contribution in [0.1, 0.15) is 23.0 Å². The smallest absolute Gasteiger partial charge is 0.268 e. The molecule has 0 spiro atoms. The van der Waals surface area contributed by atoms with Gasteiger partial charge in [0.05, 0.1) is 6.10 Å². The topological polar surface area (TPSA) is 65.1 Å². The highest BCUT2D eigenvalue weighted by Crippen LogP contribution is 2.03. The fourth-order valence-corrected chi connectivity index (χ4v) is 1.02. The summed E-state index contributed by atoms with van der Waals surface area (Å²) in [4.78, 5) is 14.2. The molecule has 0 bridgehead atoms. The first-order valence-electron chi connectivity index (χ1n) is 4.21. The molecule has 1 aromatic rings. The molecule has 1 aromatic heterocycles. The van der Waals surface area contributed by atoms with Gasteiger partial charge in [0.15, 0.2) is 0 Å². The van der Waals surface area contributed by atoms with Crippen molar-refractivity contribution in [2.24, 2.45) is 0 Å². The van der Waals surface area contributed by atoms with E-state index in [1.54, 1.807) is 13.1 Å². The van der Waals surface area contributed by atoms with Gasteiger partial charge in [0.2, 0.25) is 0 Å². The van der Waals surface area contributed by atoms with E-state index in [1.165, 1.54) is 0 Å². The molecule has 0 aliphatic heterocycles. The molecule has 1 rings (SSSR count). The molecule has 0 saturated carbocycles. The average molecular weight is 182 g/mol. The van der Waals surface area contributed by atoms with E-state index in [0.717, 1.165) is 5.56 Å². The summed E-state index contributed by atoms with van der Waals surface area (Å²) < 4.78 is 0. The van der Waals surface area contributed by atoms with Gasteiger partial charge in [-0.05, 0) is 25.5 Å². The highest BCUT2D eigenvalue weighted by molar-refractivity contribution is 5.93. The van der Waals surface area contributed by atoms with Crippen molar-refractivity contribution in [3.8, 4) is 0 Å². The van der Waals surface area contributed by atoms with Crippen molar-refractivity contribution in [2.75, 3.05) is 6.54 Å². The van der Waals surface area contributed by atoms with Gasteiger partial charge >= 0.3 is 0 Å². The number of aromatic amines is 1. The number of hydrogen-bond acceptors (Lipinski definition) is 2. The molecule has 4 heteroatoms. The minimum atomic E-state index is -0.515. The molecule has 13 heavy (non-hydrogen) atoms. The van der Waals surface area contributed by atoms with Crippen LogP contribution < -0.4 is 5.32 Å². The van der Waals surface area contributed by atoms with Crippen LogP contribution in [-0.2, 0) is 0 Å². The lowest BCUT2D eigenvalue weighted by Crippen LogP contribution is -2.31. The van der Waals surface area contributed by atoms with Crippen LogP contribution in [0.25, 0.3) is 0 Å². The van der Waals surface area contributed by atoms with Crippen LogP contribution in [0, 0.1) is 6.92 Å². The minimum Gasteiger partial charge on any atom is -0.392 e. The Kier molecular flexibility index (Phi) is 3.08.